The second-order valence-electron chi connectivity index (χ2n) is 4.38. The molecule has 2 aromatic rings. The number of benzene rings is 1. The van der Waals surface area contributed by atoms with E-state index in [-0.39, 0.29) is 6.54 Å². The second-order valence-corrected chi connectivity index (χ2v) is 4.78. The Morgan fingerprint density at radius 3 is 2.75 bits per heavy atom. The number of primary amides is 1. The highest BCUT2D eigenvalue weighted by Crippen LogP contribution is 2.24. The lowest BCUT2D eigenvalue weighted by atomic mass is 10.2. The minimum absolute atomic E-state index is 0.0333. The quantitative estimate of drug-likeness (QED) is 0.822. The van der Waals surface area contributed by atoms with Gasteiger partial charge in [0, 0.05) is 18.4 Å². The number of pyridine rings is 1. The summed E-state index contributed by atoms with van der Waals surface area (Å²) in [6, 6.07) is 10.9. The lowest BCUT2D eigenvalue weighted by Crippen LogP contribution is -2.34. The number of aromatic nitrogens is 1. The molecule has 6 heteroatoms. The number of carbonyl (C=O) groups is 1. The number of amides is 1. The molecule has 1 heterocycles. The van der Waals surface area contributed by atoms with Gasteiger partial charge >= 0.3 is 0 Å². The van der Waals surface area contributed by atoms with Gasteiger partial charge in [0.15, 0.2) is 0 Å². The summed E-state index contributed by atoms with van der Waals surface area (Å²) in [5.74, 6) is 0.0750. The van der Waals surface area contributed by atoms with Crippen molar-refractivity contribution in [3.63, 3.8) is 0 Å². The van der Waals surface area contributed by atoms with Crippen LogP contribution in [0.3, 0.4) is 0 Å². The number of nitrogen functional groups attached to an aromatic ring is 1. The lowest BCUT2D eigenvalue weighted by Gasteiger charge is -2.23. The van der Waals surface area contributed by atoms with Crippen LogP contribution in [-0.2, 0) is 11.3 Å². The van der Waals surface area contributed by atoms with Crippen molar-refractivity contribution in [2.24, 2.45) is 5.73 Å². The second kappa shape index (κ2) is 6.25. The number of nitrogens with two attached hydrogens (primary N) is 2. The van der Waals surface area contributed by atoms with Crippen LogP contribution < -0.4 is 16.4 Å². The van der Waals surface area contributed by atoms with Crippen LogP contribution in [0.5, 0.6) is 0 Å². The maximum absolute atomic E-state index is 11.2. The molecule has 0 fully saturated rings. The lowest BCUT2D eigenvalue weighted by molar-refractivity contribution is -0.116. The molecule has 0 radical (unpaired) electrons. The van der Waals surface area contributed by atoms with Gasteiger partial charge in [-0.1, -0.05) is 23.7 Å². The highest BCUT2D eigenvalue weighted by atomic mass is 35.5. The fraction of sp³-hybridized carbons (Fsp3) is 0.143. The zero-order valence-corrected chi connectivity index (χ0v) is 11.5. The minimum atomic E-state index is -0.448. The molecule has 4 N–H and O–H groups in total. The predicted molar refractivity (Wildman–Crippen MR) is 80.3 cm³/mol. The molecule has 0 bridgehead atoms. The Bertz CT molecular complexity index is 618. The third-order valence-electron chi connectivity index (χ3n) is 2.71. The smallest absolute Gasteiger partial charge is 0.237 e. The molecule has 1 aromatic carbocycles. The average Bonchev–Trinajstić information content (AvgIpc) is 2.38. The van der Waals surface area contributed by atoms with Gasteiger partial charge in [0.05, 0.1) is 11.6 Å². The van der Waals surface area contributed by atoms with E-state index in [9.17, 15) is 4.79 Å². The first-order valence-corrected chi connectivity index (χ1v) is 6.42. The van der Waals surface area contributed by atoms with Crippen molar-refractivity contribution in [2.75, 3.05) is 17.2 Å². The van der Waals surface area contributed by atoms with Crippen LogP contribution in [-0.4, -0.2) is 17.4 Å². The van der Waals surface area contributed by atoms with Crippen LogP contribution in [0, 0.1) is 0 Å². The van der Waals surface area contributed by atoms with Crippen molar-refractivity contribution < 1.29 is 4.79 Å². The van der Waals surface area contributed by atoms with Gasteiger partial charge in [-0.2, -0.15) is 0 Å². The molecule has 0 aliphatic carbocycles. The van der Waals surface area contributed by atoms with E-state index in [0.29, 0.717) is 23.1 Å². The summed E-state index contributed by atoms with van der Waals surface area (Å²) in [7, 11) is 0. The third kappa shape index (κ3) is 3.61. The van der Waals surface area contributed by atoms with Crippen molar-refractivity contribution in [3.8, 4) is 0 Å². The van der Waals surface area contributed by atoms with Gasteiger partial charge in [-0.15, -0.1) is 0 Å². The highest BCUT2D eigenvalue weighted by molar-refractivity contribution is 6.32. The van der Waals surface area contributed by atoms with Crippen LogP contribution >= 0.6 is 11.6 Å². The topological polar surface area (TPSA) is 85.2 Å². The van der Waals surface area contributed by atoms with Gasteiger partial charge in [0.2, 0.25) is 5.91 Å². The summed E-state index contributed by atoms with van der Waals surface area (Å²) in [4.78, 5) is 17.2. The normalized spacial score (nSPS) is 10.2. The molecule has 1 aromatic heterocycles. The zero-order valence-electron chi connectivity index (χ0n) is 10.8. The minimum Gasteiger partial charge on any atom is -0.399 e. The van der Waals surface area contributed by atoms with E-state index in [4.69, 9.17) is 23.1 Å². The van der Waals surface area contributed by atoms with Gasteiger partial charge in [-0.3, -0.25) is 4.79 Å². The summed E-state index contributed by atoms with van der Waals surface area (Å²) in [6.45, 7) is 0.482. The molecule has 20 heavy (non-hydrogen) atoms. The molecule has 0 spiro atoms. The Morgan fingerprint density at radius 2 is 2.10 bits per heavy atom. The predicted octanol–water partition coefficient (Wildman–Crippen LogP) is 1.81. The van der Waals surface area contributed by atoms with E-state index in [1.807, 2.05) is 18.2 Å². The number of hydrogen-bond acceptors (Lipinski definition) is 4. The molecule has 5 nitrogen and oxygen atoms in total. The van der Waals surface area contributed by atoms with Crippen molar-refractivity contribution in [1.29, 1.82) is 0 Å². The third-order valence-corrected chi connectivity index (χ3v) is 3.00. The first kappa shape index (κ1) is 14.1. The molecule has 0 aliphatic rings. The van der Waals surface area contributed by atoms with Gasteiger partial charge in [0.25, 0.3) is 0 Å². The maximum Gasteiger partial charge on any atom is 0.237 e. The fourth-order valence-corrected chi connectivity index (χ4v) is 2.16. The average molecular weight is 291 g/mol. The SMILES string of the molecule is NC(=O)CN(Cc1cccc(N)c1)c1ncccc1Cl. The molecule has 0 atom stereocenters. The molecular weight excluding hydrogens is 276 g/mol. The molecule has 2 rings (SSSR count). The Balaban J connectivity index is 2.29. The van der Waals surface area contributed by atoms with Crippen molar-refractivity contribution in [1.82, 2.24) is 4.98 Å². The molecule has 0 saturated heterocycles. The first-order valence-electron chi connectivity index (χ1n) is 6.04. The number of anilines is 2. The number of halogens is 1. The number of rotatable bonds is 5. The summed E-state index contributed by atoms with van der Waals surface area (Å²) < 4.78 is 0. The largest absolute Gasteiger partial charge is 0.399 e. The number of hydrogen-bond donors (Lipinski definition) is 2. The zero-order chi connectivity index (χ0) is 14.5. The van der Waals surface area contributed by atoms with Gasteiger partial charge < -0.3 is 16.4 Å². The molecule has 104 valence electrons. The van der Waals surface area contributed by atoms with E-state index in [1.165, 1.54) is 0 Å². The summed E-state index contributed by atoms with van der Waals surface area (Å²) in [6.07, 6.45) is 1.62. The van der Waals surface area contributed by atoms with Crippen LogP contribution in [0.15, 0.2) is 42.6 Å². The van der Waals surface area contributed by atoms with E-state index in [1.54, 1.807) is 29.3 Å². The van der Waals surface area contributed by atoms with Gasteiger partial charge in [0.1, 0.15) is 5.82 Å². The van der Waals surface area contributed by atoms with Crippen LogP contribution in [0.4, 0.5) is 11.5 Å². The number of nitrogens with zero attached hydrogens (tertiary/aromatic N) is 2. The maximum atomic E-state index is 11.2. The standard InChI is InChI=1S/C14H15ClN4O/c15-12-5-2-6-18-14(12)19(9-13(17)20)8-10-3-1-4-11(16)7-10/h1-7H,8-9,16H2,(H2,17,20). The van der Waals surface area contributed by atoms with Crippen molar-refractivity contribution in [2.45, 2.75) is 6.54 Å². The van der Waals surface area contributed by atoms with Gasteiger partial charge in [-0.25, -0.2) is 4.98 Å². The van der Waals surface area contributed by atoms with E-state index < -0.39 is 5.91 Å². The highest BCUT2D eigenvalue weighted by Gasteiger charge is 2.14. The summed E-state index contributed by atoms with van der Waals surface area (Å²) >= 11 is 6.12. The monoisotopic (exact) mass is 290 g/mol. The van der Waals surface area contributed by atoms with E-state index in [0.717, 1.165) is 5.56 Å². The van der Waals surface area contributed by atoms with Gasteiger partial charge in [-0.05, 0) is 29.8 Å². The van der Waals surface area contributed by atoms with Crippen LogP contribution in [0.25, 0.3) is 0 Å². The Labute approximate surface area is 122 Å². The Hall–Kier alpha value is -2.27. The fourth-order valence-electron chi connectivity index (χ4n) is 1.92. The molecular formula is C14H15ClN4O. The molecule has 0 unspecified atom stereocenters. The van der Waals surface area contributed by atoms with Crippen molar-refractivity contribution in [3.05, 3.63) is 53.2 Å². The molecule has 0 aliphatic heterocycles. The van der Waals surface area contributed by atoms with Crippen molar-refractivity contribution >= 4 is 29.0 Å². The van der Waals surface area contributed by atoms with Crippen LogP contribution in [0.2, 0.25) is 5.02 Å². The summed E-state index contributed by atoms with van der Waals surface area (Å²) in [5.41, 5.74) is 12.7. The Kier molecular flexibility index (Phi) is 4.42. The van der Waals surface area contributed by atoms with Crippen LogP contribution in [0.1, 0.15) is 5.56 Å². The number of carbonyl (C=O) groups excluding carboxylic acids is 1. The molecule has 1 amide bonds. The Morgan fingerprint density at radius 1 is 1.30 bits per heavy atom. The summed E-state index contributed by atoms with van der Waals surface area (Å²) in [5, 5.41) is 0.470. The first-order chi connectivity index (χ1) is 9.56. The van der Waals surface area contributed by atoms with E-state index >= 15 is 0 Å². The molecule has 0 saturated carbocycles. The van der Waals surface area contributed by atoms with E-state index in [2.05, 4.69) is 4.98 Å².